The first-order chi connectivity index (χ1) is 9.73. The number of non-ortho nitro benzene ring substituents is 1. The lowest BCUT2D eigenvalue weighted by atomic mass is 10.0. The summed E-state index contributed by atoms with van der Waals surface area (Å²) < 4.78 is 0. The molecule has 0 spiro atoms. The lowest BCUT2D eigenvalue weighted by Crippen LogP contribution is -2.48. The van der Waals surface area contributed by atoms with Gasteiger partial charge in [-0.1, -0.05) is 26.0 Å². The van der Waals surface area contributed by atoms with E-state index in [1.54, 1.807) is 17.0 Å². The number of nitro groups is 1. The Morgan fingerprint density at radius 3 is 2.43 bits per heavy atom. The van der Waals surface area contributed by atoms with Gasteiger partial charge in [0.1, 0.15) is 0 Å². The molecular formula is C15H23N3O3. The maximum absolute atomic E-state index is 12.4. The number of hydrogen-bond acceptors (Lipinski definition) is 4. The summed E-state index contributed by atoms with van der Waals surface area (Å²) in [5.41, 5.74) is 6.68. The number of carbonyl (C=O) groups excluding carboxylic acids is 1. The standard InChI is InChI=1S/C15H23N3O3/c1-10(2)14(16)15(19)17(11(3)4)9-12-6-5-7-13(8-12)18(20)21/h5-8,10-11,14H,9,16H2,1-4H3/t14-/m0/s1. The van der Waals surface area contributed by atoms with E-state index >= 15 is 0 Å². The molecule has 1 rings (SSSR count). The van der Waals surface area contributed by atoms with Crippen LogP contribution in [0, 0.1) is 16.0 Å². The lowest BCUT2D eigenvalue weighted by Gasteiger charge is -2.30. The summed E-state index contributed by atoms with van der Waals surface area (Å²) in [6.45, 7) is 7.92. The molecule has 116 valence electrons. The van der Waals surface area contributed by atoms with Gasteiger partial charge in [0, 0.05) is 24.7 Å². The van der Waals surface area contributed by atoms with Crippen LogP contribution in [0.4, 0.5) is 5.69 Å². The minimum atomic E-state index is -0.564. The minimum Gasteiger partial charge on any atom is -0.335 e. The molecule has 6 heteroatoms. The van der Waals surface area contributed by atoms with E-state index in [2.05, 4.69) is 0 Å². The van der Waals surface area contributed by atoms with Crippen molar-refractivity contribution in [2.45, 2.75) is 46.3 Å². The van der Waals surface area contributed by atoms with Gasteiger partial charge in [-0.2, -0.15) is 0 Å². The van der Waals surface area contributed by atoms with Crippen LogP contribution in [0.1, 0.15) is 33.3 Å². The maximum atomic E-state index is 12.4. The third kappa shape index (κ3) is 4.53. The Bertz CT molecular complexity index is 515. The zero-order valence-corrected chi connectivity index (χ0v) is 12.9. The fourth-order valence-electron chi connectivity index (χ4n) is 1.96. The summed E-state index contributed by atoms with van der Waals surface area (Å²) in [5.74, 6) is -0.0876. The van der Waals surface area contributed by atoms with Gasteiger partial charge < -0.3 is 10.6 Å². The Kier molecular flexibility index (Phi) is 5.84. The highest BCUT2D eigenvalue weighted by Gasteiger charge is 2.25. The monoisotopic (exact) mass is 293 g/mol. The first-order valence-corrected chi connectivity index (χ1v) is 7.03. The van der Waals surface area contributed by atoms with E-state index in [4.69, 9.17) is 5.73 Å². The van der Waals surface area contributed by atoms with Crippen LogP contribution in [0.5, 0.6) is 0 Å². The topological polar surface area (TPSA) is 89.5 Å². The van der Waals surface area contributed by atoms with Crippen molar-refractivity contribution in [3.05, 3.63) is 39.9 Å². The zero-order valence-electron chi connectivity index (χ0n) is 12.9. The molecule has 0 saturated heterocycles. The molecule has 0 bridgehead atoms. The molecule has 0 aliphatic rings. The summed E-state index contributed by atoms with van der Waals surface area (Å²) in [4.78, 5) is 24.4. The first kappa shape index (κ1) is 17.1. The van der Waals surface area contributed by atoms with Gasteiger partial charge in [0.05, 0.1) is 11.0 Å². The van der Waals surface area contributed by atoms with Crippen LogP contribution in [0.25, 0.3) is 0 Å². The second kappa shape index (κ2) is 7.17. The lowest BCUT2D eigenvalue weighted by molar-refractivity contribution is -0.384. The van der Waals surface area contributed by atoms with Gasteiger partial charge in [0.15, 0.2) is 0 Å². The molecule has 0 heterocycles. The molecule has 6 nitrogen and oxygen atoms in total. The van der Waals surface area contributed by atoms with Gasteiger partial charge >= 0.3 is 0 Å². The largest absolute Gasteiger partial charge is 0.335 e. The quantitative estimate of drug-likeness (QED) is 0.643. The number of nitrogens with zero attached hydrogens (tertiary/aromatic N) is 2. The fourth-order valence-corrected chi connectivity index (χ4v) is 1.96. The second-order valence-electron chi connectivity index (χ2n) is 5.76. The van der Waals surface area contributed by atoms with Crippen LogP contribution >= 0.6 is 0 Å². The molecule has 1 atom stereocenters. The van der Waals surface area contributed by atoms with Crippen molar-refractivity contribution in [2.24, 2.45) is 11.7 Å². The summed E-state index contributed by atoms with van der Waals surface area (Å²) in [5, 5.41) is 10.8. The van der Waals surface area contributed by atoms with Crippen LogP contribution in [-0.4, -0.2) is 27.8 Å². The molecule has 0 aliphatic carbocycles. The van der Waals surface area contributed by atoms with Gasteiger partial charge in [-0.3, -0.25) is 14.9 Å². The van der Waals surface area contributed by atoms with E-state index in [-0.39, 0.29) is 23.6 Å². The van der Waals surface area contributed by atoms with E-state index in [0.29, 0.717) is 6.54 Å². The predicted octanol–water partition coefficient (Wildman–Crippen LogP) is 2.32. The van der Waals surface area contributed by atoms with Crippen molar-refractivity contribution in [3.63, 3.8) is 0 Å². The number of rotatable bonds is 6. The highest BCUT2D eigenvalue weighted by Crippen LogP contribution is 2.17. The molecule has 0 unspecified atom stereocenters. The Hall–Kier alpha value is -1.95. The van der Waals surface area contributed by atoms with E-state index in [1.165, 1.54) is 12.1 Å². The third-order valence-electron chi connectivity index (χ3n) is 3.38. The van der Waals surface area contributed by atoms with E-state index in [9.17, 15) is 14.9 Å². The molecule has 0 aromatic heterocycles. The molecule has 0 radical (unpaired) electrons. The van der Waals surface area contributed by atoms with Gasteiger partial charge in [-0.25, -0.2) is 0 Å². The molecule has 21 heavy (non-hydrogen) atoms. The van der Waals surface area contributed by atoms with Gasteiger partial charge in [-0.05, 0) is 25.3 Å². The van der Waals surface area contributed by atoms with Crippen LogP contribution in [-0.2, 0) is 11.3 Å². The Morgan fingerprint density at radius 2 is 1.95 bits per heavy atom. The van der Waals surface area contributed by atoms with Crippen molar-refractivity contribution in [3.8, 4) is 0 Å². The van der Waals surface area contributed by atoms with Crippen molar-refractivity contribution >= 4 is 11.6 Å². The highest BCUT2D eigenvalue weighted by molar-refractivity contribution is 5.82. The molecule has 1 aromatic rings. The summed E-state index contributed by atoms with van der Waals surface area (Å²) >= 11 is 0. The van der Waals surface area contributed by atoms with Crippen LogP contribution < -0.4 is 5.73 Å². The number of benzene rings is 1. The second-order valence-corrected chi connectivity index (χ2v) is 5.76. The molecule has 0 saturated carbocycles. The SMILES string of the molecule is CC(C)[C@H](N)C(=O)N(Cc1cccc([N+](=O)[O-])c1)C(C)C. The van der Waals surface area contributed by atoms with E-state index < -0.39 is 11.0 Å². The third-order valence-corrected chi connectivity index (χ3v) is 3.38. The average Bonchev–Trinajstić information content (AvgIpc) is 2.43. The van der Waals surface area contributed by atoms with Crippen LogP contribution in [0.3, 0.4) is 0 Å². The van der Waals surface area contributed by atoms with Gasteiger partial charge in [-0.15, -0.1) is 0 Å². The summed E-state index contributed by atoms with van der Waals surface area (Å²) in [6.07, 6.45) is 0. The first-order valence-electron chi connectivity index (χ1n) is 7.03. The number of amides is 1. The van der Waals surface area contributed by atoms with Crippen molar-refractivity contribution in [1.82, 2.24) is 4.90 Å². The molecule has 2 N–H and O–H groups in total. The van der Waals surface area contributed by atoms with Gasteiger partial charge in [0.2, 0.25) is 5.91 Å². The Morgan fingerprint density at radius 1 is 1.33 bits per heavy atom. The normalized spacial score (nSPS) is 12.5. The van der Waals surface area contributed by atoms with Gasteiger partial charge in [0.25, 0.3) is 5.69 Å². The smallest absolute Gasteiger partial charge is 0.269 e. The van der Waals surface area contributed by atoms with E-state index in [0.717, 1.165) is 5.56 Å². The van der Waals surface area contributed by atoms with Crippen LogP contribution in [0.15, 0.2) is 24.3 Å². The number of hydrogen-bond donors (Lipinski definition) is 1. The zero-order chi connectivity index (χ0) is 16.2. The van der Waals surface area contributed by atoms with Crippen LogP contribution in [0.2, 0.25) is 0 Å². The minimum absolute atomic E-state index is 0.0248. The molecule has 1 amide bonds. The average molecular weight is 293 g/mol. The van der Waals surface area contributed by atoms with Crippen molar-refractivity contribution < 1.29 is 9.72 Å². The summed E-state index contributed by atoms with van der Waals surface area (Å²) in [7, 11) is 0. The summed E-state index contributed by atoms with van der Waals surface area (Å²) in [6, 6.07) is 5.73. The molecule has 0 fully saturated rings. The van der Waals surface area contributed by atoms with Crippen molar-refractivity contribution in [1.29, 1.82) is 0 Å². The van der Waals surface area contributed by atoms with E-state index in [1.807, 2.05) is 27.7 Å². The predicted molar refractivity (Wildman–Crippen MR) is 81.6 cm³/mol. The number of nitrogens with two attached hydrogens (primary N) is 1. The maximum Gasteiger partial charge on any atom is 0.269 e. The highest BCUT2D eigenvalue weighted by atomic mass is 16.6. The fraction of sp³-hybridized carbons (Fsp3) is 0.533. The molecular weight excluding hydrogens is 270 g/mol. The number of nitro benzene ring substituents is 1. The molecule has 0 aliphatic heterocycles. The number of carbonyl (C=O) groups is 1. The Labute approximate surface area is 125 Å². The van der Waals surface area contributed by atoms with Crippen molar-refractivity contribution in [2.75, 3.05) is 0 Å². The molecule has 1 aromatic carbocycles. The Balaban J connectivity index is 2.96.